The van der Waals surface area contributed by atoms with Crippen molar-refractivity contribution in [2.75, 3.05) is 11.4 Å². The Morgan fingerprint density at radius 2 is 1.75 bits per heavy atom. The Kier molecular flexibility index (Phi) is 6.17. The Morgan fingerprint density at radius 3 is 2.50 bits per heavy atom. The number of esters is 1. The summed E-state index contributed by atoms with van der Waals surface area (Å²) in [7, 11) is 0. The van der Waals surface area contributed by atoms with E-state index in [9.17, 15) is 9.59 Å². The highest BCUT2D eigenvalue weighted by Gasteiger charge is 2.35. The second kappa shape index (κ2) is 9.02. The Hall–Kier alpha value is -3.35. The molecule has 3 aromatic rings. The number of anilines is 1. The van der Waals surface area contributed by atoms with Gasteiger partial charge in [-0.15, -0.1) is 0 Å². The number of piperidine rings is 1. The monoisotopic (exact) mass is 435 g/mol. The molecule has 0 spiro atoms. The fraction of sp³-hybridized carbons (Fsp3) is 0.400. The van der Waals surface area contributed by atoms with E-state index in [1.807, 2.05) is 80.3 Å². The number of aromatic nitrogens is 2. The number of nitrogens with zero attached hydrogens (tertiary/aromatic N) is 3. The number of rotatable bonds is 4. The van der Waals surface area contributed by atoms with Gasteiger partial charge in [-0.1, -0.05) is 42.5 Å². The standard InChI is InChI=1S/C25H29N3O4/c1-25(2,3)32-24(30)28-20-14-8-7-13-19(20)26-23(28)27-16-10-9-15-21(27)22(29)31-17-18-11-5-4-6-12-18/h4-8,11-14,21H,9-10,15-17H2,1-3H3. The molecule has 0 amide bonds. The summed E-state index contributed by atoms with van der Waals surface area (Å²) in [6.07, 6.45) is 1.95. The molecule has 2 aromatic carbocycles. The fourth-order valence-electron chi connectivity index (χ4n) is 3.93. The van der Waals surface area contributed by atoms with Crippen LogP contribution in [0.5, 0.6) is 0 Å². The molecule has 1 saturated heterocycles. The van der Waals surface area contributed by atoms with Crippen molar-refractivity contribution in [2.45, 2.75) is 58.3 Å². The van der Waals surface area contributed by atoms with Crippen molar-refractivity contribution in [3.8, 4) is 0 Å². The lowest BCUT2D eigenvalue weighted by Crippen LogP contribution is -2.47. The lowest BCUT2D eigenvalue weighted by molar-refractivity contribution is -0.147. The minimum Gasteiger partial charge on any atom is -0.459 e. The van der Waals surface area contributed by atoms with Crippen molar-refractivity contribution in [1.82, 2.24) is 9.55 Å². The van der Waals surface area contributed by atoms with E-state index in [1.54, 1.807) is 0 Å². The van der Waals surface area contributed by atoms with Crippen LogP contribution < -0.4 is 4.90 Å². The topological polar surface area (TPSA) is 73.7 Å². The third kappa shape index (κ3) is 4.77. The summed E-state index contributed by atoms with van der Waals surface area (Å²) in [6.45, 7) is 6.31. The number of imidazole rings is 1. The van der Waals surface area contributed by atoms with Gasteiger partial charge in [-0.3, -0.25) is 0 Å². The lowest BCUT2D eigenvalue weighted by Gasteiger charge is -2.35. The number of ether oxygens (including phenoxy) is 2. The Balaban J connectivity index is 1.65. The Morgan fingerprint density at radius 1 is 1.03 bits per heavy atom. The third-order valence-corrected chi connectivity index (χ3v) is 5.37. The van der Waals surface area contributed by atoms with E-state index in [4.69, 9.17) is 14.5 Å². The highest BCUT2D eigenvalue weighted by Crippen LogP contribution is 2.30. The summed E-state index contributed by atoms with van der Waals surface area (Å²) in [4.78, 5) is 32.8. The molecular weight excluding hydrogens is 406 g/mol. The summed E-state index contributed by atoms with van der Waals surface area (Å²) < 4.78 is 12.8. The average Bonchev–Trinajstić information content (AvgIpc) is 3.17. The maximum atomic E-state index is 13.1. The molecule has 0 N–H and O–H groups in total. The van der Waals surface area contributed by atoms with Gasteiger partial charge in [-0.25, -0.2) is 19.1 Å². The van der Waals surface area contributed by atoms with Crippen LogP contribution in [0.25, 0.3) is 11.0 Å². The molecule has 32 heavy (non-hydrogen) atoms. The number of para-hydroxylation sites is 2. The van der Waals surface area contributed by atoms with Crippen LogP contribution in [0.1, 0.15) is 45.6 Å². The van der Waals surface area contributed by atoms with E-state index in [2.05, 4.69) is 0 Å². The van der Waals surface area contributed by atoms with Gasteiger partial charge in [-0.2, -0.15) is 0 Å². The van der Waals surface area contributed by atoms with Crippen LogP contribution in [0, 0.1) is 0 Å². The number of carbonyl (C=O) groups is 2. The zero-order valence-electron chi connectivity index (χ0n) is 18.8. The van der Waals surface area contributed by atoms with Crippen LogP contribution in [0.2, 0.25) is 0 Å². The maximum Gasteiger partial charge on any atom is 0.421 e. The highest BCUT2D eigenvalue weighted by molar-refractivity contribution is 5.92. The lowest BCUT2D eigenvalue weighted by atomic mass is 10.0. The molecule has 1 unspecified atom stereocenters. The van der Waals surface area contributed by atoms with Gasteiger partial charge in [0.1, 0.15) is 18.2 Å². The van der Waals surface area contributed by atoms with Crippen molar-refractivity contribution >= 4 is 29.0 Å². The van der Waals surface area contributed by atoms with Gasteiger partial charge in [0.05, 0.1) is 11.0 Å². The van der Waals surface area contributed by atoms with Crippen LogP contribution >= 0.6 is 0 Å². The number of hydrogen-bond acceptors (Lipinski definition) is 6. The number of carbonyl (C=O) groups excluding carboxylic acids is 2. The Bertz CT molecular complexity index is 1100. The van der Waals surface area contributed by atoms with E-state index in [1.165, 1.54) is 4.57 Å². The van der Waals surface area contributed by atoms with E-state index in [0.29, 0.717) is 29.9 Å². The SMILES string of the molecule is CC(C)(C)OC(=O)n1c(N2CCCCC2C(=O)OCc2ccccc2)nc2ccccc21. The molecule has 7 heteroatoms. The van der Waals surface area contributed by atoms with Gasteiger partial charge in [0.15, 0.2) is 0 Å². The molecule has 0 aliphatic carbocycles. The second-order valence-electron chi connectivity index (χ2n) is 9.01. The van der Waals surface area contributed by atoms with Crippen molar-refractivity contribution in [3.05, 3.63) is 60.2 Å². The van der Waals surface area contributed by atoms with Gasteiger partial charge in [0.25, 0.3) is 0 Å². The highest BCUT2D eigenvalue weighted by atomic mass is 16.6. The van der Waals surface area contributed by atoms with Crippen LogP contribution in [-0.4, -0.2) is 39.8 Å². The summed E-state index contributed by atoms with van der Waals surface area (Å²) >= 11 is 0. The Labute approximate surface area is 187 Å². The first-order valence-electron chi connectivity index (χ1n) is 11.0. The van der Waals surface area contributed by atoms with Crippen LogP contribution in [0.4, 0.5) is 10.7 Å². The van der Waals surface area contributed by atoms with Crippen LogP contribution in [0.15, 0.2) is 54.6 Å². The van der Waals surface area contributed by atoms with Gasteiger partial charge < -0.3 is 14.4 Å². The van der Waals surface area contributed by atoms with E-state index in [-0.39, 0.29) is 12.6 Å². The second-order valence-corrected chi connectivity index (χ2v) is 9.01. The van der Waals surface area contributed by atoms with Gasteiger partial charge in [-0.05, 0) is 57.7 Å². The number of benzene rings is 2. The fourth-order valence-corrected chi connectivity index (χ4v) is 3.93. The van der Waals surface area contributed by atoms with Crippen molar-refractivity contribution < 1.29 is 19.1 Å². The first-order valence-corrected chi connectivity index (χ1v) is 11.0. The van der Waals surface area contributed by atoms with E-state index in [0.717, 1.165) is 18.4 Å². The number of hydrogen-bond donors (Lipinski definition) is 0. The van der Waals surface area contributed by atoms with Crippen molar-refractivity contribution in [1.29, 1.82) is 0 Å². The summed E-state index contributed by atoms with van der Waals surface area (Å²) in [6, 6.07) is 16.5. The molecule has 1 fully saturated rings. The molecule has 4 rings (SSSR count). The molecule has 0 bridgehead atoms. The molecular formula is C25H29N3O4. The minimum atomic E-state index is -0.657. The van der Waals surface area contributed by atoms with E-state index >= 15 is 0 Å². The van der Waals surface area contributed by atoms with Crippen molar-refractivity contribution in [3.63, 3.8) is 0 Å². The molecule has 1 atom stereocenters. The quantitative estimate of drug-likeness (QED) is 0.542. The minimum absolute atomic E-state index is 0.215. The molecule has 0 saturated carbocycles. The summed E-state index contributed by atoms with van der Waals surface area (Å²) in [5, 5.41) is 0. The maximum absolute atomic E-state index is 13.1. The predicted molar refractivity (Wildman–Crippen MR) is 123 cm³/mol. The molecule has 0 radical (unpaired) electrons. The molecule has 1 aliphatic rings. The zero-order chi connectivity index (χ0) is 22.7. The van der Waals surface area contributed by atoms with E-state index < -0.39 is 17.7 Å². The molecule has 1 aromatic heterocycles. The zero-order valence-corrected chi connectivity index (χ0v) is 18.8. The molecule has 1 aliphatic heterocycles. The largest absolute Gasteiger partial charge is 0.459 e. The van der Waals surface area contributed by atoms with Crippen LogP contribution in [-0.2, 0) is 20.9 Å². The number of fused-ring (bicyclic) bond motifs is 1. The normalized spacial score (nSPS) is 16.7. The van der Waals surface area contributed by atoms with Crippen molar-refractivity contribution in [2.24, 2.45) is 0 Å². The van der Waals surface area contributed by atoms with Gasteiger partial charge in [0, 0.05) is 6.54 Å². The van der Waals surface area contributed by atoms with Crippen LogP contribution in [0.3, 0.4) is 0 Å². The molecule has 2 heterocycles. The summed E-state index contributed by atoms with van der Waals surface area (Å²) in [5.41, 5.74) is 1.61. The third-order valence-electron chi connectivity index (χ3n) is 5.37. The first-order chi connectivity index (χ1) is 15.3. The average molecular weight is 436 g/mol. The molecule has 7 nitrogen and oxygen atoms in total. The van der Waals surface area contributed by atoms with Gasteiger partial charge in [0.2, 0.25) is 5.95 Å². The predicted octanol–water partition coefficient (Wildman–Crippen LogP) is 4.92. The summed E-state index contributed by atoms with van der Waals surface area (Å²) in [5.74, 6) is 0.109. The molecule has 168 valence electrons. The smallest absolute Gasteiger partial charge is 0.421 e. The first kappa shape index (κ1) is 21.9. The van der Waals surface area contributed by atoms with Gasteiger partial charge >= 0.3 is 12.1 Å².